The van der Waals surface area contributed by atoms with E-state index in [4.69, 9.17) is 0 Å². The molecule has 0 aliphatic rings. The molecule has 0 saturated carbocycles. The van der Waals surface area contributed by atoms with E-state index in [9.17, 15) is 10.1 Å². The van der Waals surface area contributed by atoms with Crippen molar-refractivity contribution in [3.05, 3.63) is 94.0 Å². The van der Waals surface area contributed by atoms with Gasteiger partial charge in [0.05, 0.1) is 11.6 Å². The summed E-state index contributed by atoms with van der Waals surface area (Å²) in [6, 6.07) is 22.3. The molecule has 0 atom stereocenters. The Bertz CT molecular complexity index is 1160. The van der Waals surface area contributed by atoms with Gasteiger partial charge in [-0.15, -0.1) is 0 Å². The highest BCUT2D eigenvalue weighted by Crippen LogP contribution is 2.29. The van der Waals surface area contributed by atoms with Crippen molar-refractivity contribution in [1.29, 1.82) is 5.26 Å². The van der Waals surface area contributed by atoms with Crippen LogP contribution in [-0.2, 0) is 0 Å². The zero-order valence-electron chi connectivity index (χ0n) is 20.2. The van der Waals surface area contributed by atoms with Crippen LogP contribution in [0.5, 0.6) is 0 Å². The molecule has 3 rings (SSSR count). The molecular formula is C29H32N2O. The summed E-state index contributed by atoms with van der Waals surface area (Å²) in [6.45, 7) is 10.1. The third-order valence-electron chi connectivity index (χ3n) is 5.41. The number of aryl methyl sites for hydroxylation is 1. The Kier molecular flexibility index (Phi) is 8.55. The summed E-state index contributed by atoms with van der Waals surface area (Å²) >= 11 is 0. The van der Waals surface area contributed by atoms with Gasteiger partial charge in [-0.2, -0.15) is 5.26 Å². The van der Waals surface area contributed by atoms with Crippen molar-refractivity contribution < 1.29 is 4.79 Å². The van der Waals surface area contributed by atoms with Crippen LogP contribution in [-0.4, -0.2) is 24.9 Å². The van der Waals surface area contributed by atoms with Crippen LogP contribution in [0.3, 0.4) is 0 Å². The first-order chi connectivity index (χ1) is 15.3. The van der Waals surface area contributed by atoms with E-state index < -0.39 is 0 Å². The average molecular weight is 425 g/mol. The van der Waals surface area contributed by atoms with Gasteiger partial charge in [0.15, 0.2) is 0 Å². The first kappa shape index (κ1) is 24.6. The number of hydrogen-bond acceptors (Lipinski definition) is 2. The number of carbonyl (C=O) groups is 1. The lowest BCUT2D eigenvalue weighted by atomic mass is 9.93. The Morgan fingerprint density at radius 3 is 2.16 bits per heavy atom. The van der Waals surface area contributed by atoms with Crippen molar-refractivity contribution >= 4 is 17.6 Å². The van der Waals surface area contributed by atoms with Gasteiger partial charge < -0.3 is 4.90 Å². The second-order valence-corrected chi connectivity index (χ2v) is 7.77. The van der Waals surface area contributed by atoms with Gasteiger partial charge >= 0.3 is 0 Å². The third-order valence-corrected chi connectivity index (χ3v) is 5.41. The number of benzene rings is 3. The summed E-state index contributed by atoms with van der Waals surface area (Å²) in [5, 5.41) is 9.36. The molecule has 0 aliphatic heterocycles. The van der Waals surface area contributed by atoms with Gasteiger partial charge in [0.1, 0.15) is 0 Å². The molecule has 3 aromatic carbocycles. The van der Waals surface area contributed by atoms with E-state index in [1.165, 1.54) is 5.56 Å². The minimum Gasteiger partial charge on any atom is -0.345 e. The lowest BCUT2D eigenvalue weighted by Gasteiger charge is -2.12. The van der Waals surface area contributed by atoms with Gasteiger partial charge in [-0.3, -0.25) is 4.79 Å². The number of nitrogens with zero attached hydrogens (tertiary/aromatic N) is 2. The maximum Gasteiger partial charge on any atom is 0.253 e. The number of carbonyl (C=O) groups excluding carboxylic acids is 1. The highest BCUT2D eigenvalue weighted by molar-refractivity contribution is 5.94. The van der Waals surface area contributed by atoms with Gasteiger partial charge in [0.2, 0.25) is 0 Å². The molecule has 0 spiro atoms. The van der Waals surface area contributed by atoms with Crippen LogP contribution in [0.15, 0.2) is 60.7 Å². The standard InChI is InChI=1S/C27H26N2O.C2H6/c1-18-9-10-24(16-25(18)17-28)26-8-6-7-23(20(26)3)15-19(2)21-11-13-22(14-12-21)27(30)29(4)5;1-2/h6-16H,1-5H3;1-2H3/b19-15+;. The monoisotopic (exact) mass is 424 g/mol. The van der Waals surface area contributed by atoms with Gasteiger partial charge in [0, 0.05) is 19.7 Å². The fourth-order valence-electron chi connectivity index (χ4n) is 3.48. The Morgan fingerprint density at radius 2 is 1.56 bits per heavy atom. The van der Waals surface area contributed by atoms with Crippen LogP contribution >= 0.6 is 0 Å². The maximum atomic E-state index is 12.1. The Hall–Kier alpha value is -3.64. The molecule has 3 heteroatoms. The van der Waals surface area contributed by atoms with Gasteiger partial charge in [-0.25, -0.2) is 0 Å². The highest BCUT2D eigenvalue weighted by Gasteiger charge is 2.09. The summed E-state index contributed by atoms with van der Waals surface area (Å²) in [5.41, 5.74) is 9.06. The summed E-state index contributed by atoms with van der Waals surface area (Å²) < 4.78 is 0. The molecule has 0 aromatic heterocycles. The maximum absolute atomic E-state index is 12.1. The van der Waals surface area contributed by atoms with E-state index in [2.05, 4.69) is 44.2 Å². The Morgan fingerprint density at radius 1 is 0.938 bits per heavy atom. The number of allylic oxidation sites excluding steroid dienone is 1. The molecule has 3 aromatic rings. The molecule has 0 unspecified atom stereocenters. The lowest BCUT2D eigenvalue weighted by Crippen LogP contribution is -2.21. The third kappa shape index (κ3) is 5.53. The SMILES string of the molecule is C/C(=C\c1cccc(-c2ccc(C)c(C#N)c2)c1C)c1ccc(C(=O)N(C)C)cc1.CC. The number of nitriles is 1. The topological polar surface area (TPSA) is 44.1 Å². The number of rotatable bonds is 4. The summed E-state index contributed by atoms with van der Waals surface area (Å²) in [7, 11) is 3.51. The largest absolute Gasteiger partial charge is 0.345 e. The highest BCUT2D eigenvalue weighted by atomic mass is 16.2. The molecule has 0 N–H and O–H groups in total. The van der Waals surface area contributed by atoms with E-state index in [0.717, 1.165) is 33.4 Å². The second kappa shape index (κ2) is 11.1. The van der Waals surface area contributed by atoms with E-state index in [1.54, 1.807) is 19.0 Å². The molecule has 0 aliphatic carbocycles. The second-order valence-electron chi connectivity index (χ2n) is 7.77. The molecule has 0 saturated heterocycles. The van der Waals surface area contributed by atoms with Crippen molar-refractivity contribution in [1.82, 2.24) is 4.90 Å². The van der Waals surface area contributed by atoms with Crippen LogP contribution in [0.1, 0.15) is 58.9 Å². The first-order valence-corrected chi connectivity index (χ1v) is 10.9. The Labute approximate surface area is 192 Å². The van der Waals surface area contributed by atoms with E-state index in [1.807, 2.05) is 63.2 Å². The quantitative estimate of drug-likeness (QED) is 0.418. The minimum absolute atomic E-state index is 0.00145. The normalized spacial score (nSPS) is 10.6. The zero-order valence-corrected chi connectivity index (χ0v) is 20.2. The predicted molar refractivity (Wildman–Crippen MR) is 135 cm³/mol. The van der Waals surface area contributed by atoms with Gasteiger partial charge in [-0.05, 0) is 77.9 Å². The van der Waals surface area contributed by atoms with Crippen molar-refractivity contribution in [2.75, 3.05) is 14.1 Å². The molecule has 0 fully saturated rings. The van der Waals surface area contributed by atoms with Gasteiger partial charge in [-0.1, -0.05) is 62.4 Å². The van der Waals surface area contributed by atoms with E-state index in [-0.39, 0.29) is 5.91 Å². The minimum atomic E-state index is 0.00145. The lowest BCUT2D eigenvalue weighted by molar-refractivity contribution is 0.0827. The average Bonchev–Trinajstić information content (AvgIpc) is 2.81. The van der Waals surface area contributed by atoms with E-state index >= 15 is 0 Å². The summed E-state index contributed by atoms with van der Waals surface area (Å²) in [5.74, 6) is 0.00145. The van der Waals surface area contributed by atoms with Crippen LogP contribution in [0.25, 0.3) is 22.8 Å². The molecule has 32 heavy (non-hydrogen) atoms. The Balaban J connectivity index is 0.00000176. The number of amides is 1. The van der Waals surface area contributed by atoms with Gasteiger partial charge in [0.25, 0.3) is 5.91 Å². The van der Waals surface area contributed by atoms with E-state index in [0.29, 0.717) is 11.1 Å². The molecular weight excluding hydrogens is 392 g/mol. The van der Waals surface area contributed by atoms with Crippen molar-refractivity contribution in [2.45, 2.75) is 34.6 Å². The molecule has 0 bridgehead atoms. The van der Waals surface area contributed by atoms with Crippen molar-refractivity contribution in [2.24, 2.45) is 0 Å². The van der Waals surface area contributed by atoms with Crippen LogP contribution < -0.4 is 0 Å². The molecule has 0 radical (unpaired) electrons. The van der Waals surface area contributed by atoms with Crippen LogP contribution in [0.4, 0.5) is 0 Å². The molecule has 164 valence electrons. The summed E-state index contributed by atoms with van der Waals surface area (Å²) in [4.78, 5) is 13.7. The molecule has 3 nitrogen and oxygen atoms in total. The molecule has 1 amide bonds. The zero-order chi connectivity index (χ0) is 23.8. The van der Waals surface area contributed by atoms with Crippen LogP contribution in [0.2, 0.25) is 0 Å². The number of hydrogen-bond donors (Lipinski definition) is 0. The van der Waals surface area contributed by atoms with Crippen molar-refractivity contribution in [3.8, 4) is 17.2 Å². The smallest absolute Gasteiger partial charge is 0.253 e. The summed E-state index contributed by atoms with van der Waals surface area (Å²) in [6.07, 6.45) is 2.17. The van der Waals surface area contributed by atoms with Crippen LogP contribution in [0, 0.1) is 25.2 Å². The predicted octanol–water partition coefficient (Wildman–Crippen LogP) is 7.13. The fraction of sp³-hybridized carbons (Fsp3) is 0.241. The first-order valence-electron chi connectivity index (χ1n) is 10.9. The fourth-order valence-corrected chi connectivity index (χ4v) is 3.48. The molecule has 0 heterocycles. The van der Waals surface area contributed by atoms with Crippen molar-refractivity contribution in [3.63, 3.8) is 0 Å².